The third-order valence-electron chi connectivity index (χ3n) is 3.45. The Morgan fingerprint density at radius 3 is 2.65 bits per heavy atom. The van der Waals surface area contributed by atoms with Crippen LogP contribution in [0.15, 0.2) is 65.8 Å². The summed E-state index contributed by atoms with van der Waals surface area (Å²) in [5.74, 6) is 0.462. The van der Waals surface area contributed by atoms with E-state index in [-0.39, 0.29) is 4.90 Å². The molecule has 26 heavy (non-hydrogen) atoms. The van der Waals surface area contributed by atoms with Crippen LogP contribution in [0, 0.1) is 0 Å². The van der Waals surface area contributed by atoms with Crippen molar-refractivity contribution in [1.82, 2.24) is 15.2 Å². The summed E-state index contributed by atoms with van der Waals surface area (Å²) in [5, 5.41) is 8.16. The van der Waals surface area contributed by atoms with Crippen molar-refractivity contribution in [3.05, 3.63) is 60.9 Å². The van der Waals surface area contributed by atoms with Crippen molar-refractivity contribution in [2.75, 3.05) is 11.3 Å². The zero-order valence-electron chi connectivity index (χ0n) is 14.2. The van der Waals surface area contributed by atoms with E-state index in [1.54, 1.807) is 36.4 Å². The molecule has 3 aromatic rings. The van der Waals surface area contributed by atoms with Gasteiger partial charge in [0.1, 0.15) is 4.90 Å². The third-order valence-corrected chi connectivity index (χ3v) is 4.82. The molecule has 0 aliphatic heterocycles. The molecule has 1 N–H and O–H groups in total. The quantitative estimate of drug-likeness (QED) is 0.687. The molecule has 0 aliphatic rings. The lowest BCUT2D eigenvalue weighted by Crippen LogP contribution is -2.13. The van der Waals surface area contributed by atoms with E-state index in [1.807, 2.05) is 13.0 Å². The van der Waals surface area contributed by atoms with Crippen molar-refractivity contribution in [1.29, 1.82) is 0 Å². The first kappa shape index (κ1) is 17.8. The SMILES string of the molecule is CCCOc1ccc(-c2cccc(NS(=O)(=O)c3cccnc3)c2)nn1. The molecule has 1 aromatic carbocycles. The summed E-state index contributed by atoms with van der Waals surface area (Å²) in [6.07, 6.45) is 3.71. The van der Waals surface area contributed by atoms with Crippen LogP contribution < -0.4 is 9.46 Å². The zero-order chi connectivity index (χ0) is 18.4. The summed E-state index contributed by atoms with van der Waals surface area (Å²) in [6, 6.07) is 13.5. The van der Waals surface area contributed by atoms with Gasteiger partial charge in [0.15, 0.2) is 0 Å². The third kappa shape index (κ3) is 4.34. The molecule has 0 unspecified atom stereocenters. The highest BCUT2D eigenvalue weighted by atomic mass is 32.2. The Balaban J connectivity index is 1.80. The van der Waals surface area contributed by atoms with Crippen LogP contribution in [-0.4, -0.2) is 30.2 Å². The van der Waals surface area contributed by atoms with Gasteiger partial charge in [0, 0.05) is 29.7 Å². The molecule has 0 spiro atoms. The van der Waals surface area contributed by atoms with Crippen molar-refractivity contribution in [2.45, 2.75) is 18.2 Å². The van der Waals surface area contributed by atoms with E-state index in [1.165, 1.54) is 18.5 Å². The second kappa shape index (κ2) is 7.92. The maximum Gasteiger partial charge on any atom is 0.263 e. The van der Waals surface area contributed by atoms with Crippen LogP contribution in [0.3, 0.4) is 0 Å². The number of sulfonamides is 1. The molecule has 0 bridgehead atoms. The molecule has 134 valence electrons. The van der Waals surface area contributed by atoms with Crippen molar-refractivity contribution < 1.29 is 13.2 Å². The second-order valence-electron chi connectivity index (χ2n) is 5.48. The predicted molar refractivity (Wildman–Crippen MR) is 98.3 cm³/mol. The summed E-state index contributed by atoms with van der Waals surface area (Å²) < 4.78 is 32.8. The minimum atomic E-state index is -3.70. The molecule has 0 radical (unpaired) electrons. The van der Waals surface area contributed by atoms with Gasteiger partial charge < -0.3 is 4.74 Å². The molecule has 0 saturated heterocycles. The van der Waals surface area contributed by atoms with Crippen LogP contribution in [0.5, 0.6) is 5.88 Å². The molecule has 0 fully saturated rings. The normalized spacial score (nSPS) is 11.1. The minimum absolute atomic E-state index is 0.0996. The van der Waals surface area contributed by atoms with Crippen LogP contribution in [0.4, 0.5) is 5.69 Å². The molecule has 0 aliphatic carbocycles. The number of pyridine rings is 1. The van der Waals surface area contributed by atoms with E-state index in [0.29, 0.717) is 23.9 Å². The Bertz CT molecular complexity index is 961. The summed E-state index contributed by atoms with van der Waals surface area (Å²) in [5.41, 5.74) is 1.79. The average molecular weight is 370 g/mol. The van der Waals surface area contributed by atoms with Gasteiger partial charge in [-0.2, -0.15) is 0 Å². The molecule has 0 amide bonds. The number of nitrogens with zero attached hydrogens (tertiary/aromatic N) is 3. The summed E-state index contributed by atoms with van der Waals surface area (Å²) in [4.78, 5) is 3.94. The van der Waals surface area contributed by atoms with Gasteiger partial charge in [0.2, 0.25) is 5.88 Å². The Labute approximate surface area is 152 Å². The van der Waals surface area contributed by atoms with Crippen LogP contribution in [-0.2, 0) is 10.0 Å². The van der Waals surface area contributed by atoms with Crippen molar-refractivity contribution in [2.24, 2.45) is 0 Å². The van der Waals surface area contributed by atoms with Crippen molar-refractivity contribution in [3.8, 4) is 17.1 Å². The average Bonchev–Trinajstić information content (AvgIpc) is 2.67. The number of hydrogen-bond acceptors (Lipinski definition) is 6. The molecule has 2 heterocycles. The number of hydrogen-bond donors (Lipinski definition) is 1. The van der Waals surface area contributed by atoms with Gasteiger partial charge in [-0.1, -0.05) is 19.1 Å². The van der Waals surface area contributed by atoms with Gasteiger partial charge in [-0.25, -0.2) is 8.42 Å². The molecule has 7 nitrogen and oxygen atoms in total. The summed E-state index contributed by atoms with van der Waals surface area (Å²) >= 11 is 0. The molecule has 2 aromatic heterocycles. The summed E-state index contributed by atoms with van der Waals surface area (Å²) in [7, 11) is -3.70. The van der Waals surface area contributed by atoms with Gasteiger partial charge in [0.25, 0.3) is 10.0 Å². The highest BCUT2D eigenvalue weighted by molar-refractivity contribution is 7.92. The fourth-order valence-corrected chi connectivity index (χ4v) is 3.23. The van der Waals surface area contributed by atoms with E-state index in [9.17, 15) is 8.42 Å². The Kier molecular flexibility index (Phi) is 5.43. The van der Waals surface area contributed by atoms with Gasteiger partial charge in [-0.15, -0.1) is 10.2 Å². The zero-order valence-corrected chi connectivity index (χ0v) is 15.0. The van der Waals surface area contributed by atoms with Crippen LogP contribution in [0.25, 0.3) is 11.3 Å². The Hall–Kier alpha value is -3.00. The molecule has 0 atom stereocenters. The molecule has 0 saturated carbocycles. The molecular formula is C18H18N4O3S. The van der Waals surface area contributed by atoms with Crippen LogP contribution in [0.2, 0.25) is 0 Å². The van der Waals surface area contributed by atoms with Crippen LogP contribution in [0.1, 0.15) is 13.3 Å². The lowest BCUT2D eigenvalue weighted by atomic mass is 10.1. The lowest BCUT2D eigenvalue weighted by molar-refractivity contribution is 0.302. The van der Waals surface area contributed by atoms with Gasteiger partial charge in [0.05, 0.1) is 12.3 Å². The van der Waals surface area contributed by atoms with Crippen molar-refractivity contribution in [3.63, 3.8) is 0 Å². The fourth-order valence-electron chi connectivity index (χ4n) is 2.22. The number of aromatic nitrogens is 3. The van der Waals surface area contributed by atoms with Gasteiger partial charge >= 0.3 is 0 Å². The second-order valence-corrected chi connectivity index (χ2v) is 7.16. The largest absolute Gasteiger partial charge is 0.477 e. The Morgan fingerprint density at radius 1 is 1.08 bits per heavy atom. The summed E-state index contributed by atoms with van der Waals surface area (Å²) in [6.45, 7) is 2.60. The predicted octanol–water partition coefficient (Wildman–Crippen LogP) is 3.13. The van der Waals surface area contributed by atoms with Crippen LogP contribution >= 0.6 is 0 Å². The Morgan fingerprint density at radius 2 is 1.96 bits per heavy atom. The first-order chi connectivity index (χ1) is 12.6. The molecule has 3 rings (SSSR count). The highest BCUT2D eigenvalue weighted by Gasteiger charge is 2.14. The standard InChI is InChI=1S/C18H18N4O3S/c1-2-11-25-18-9-8-17(20-21-18)14-5-3-6-15(12-14)22-26(23,24)16-7-4-10-19-13-16/h3-10,12-13,22H,2,11H2,1H3. The smallest absolute Gasteiger partial charge is 0.263 e. The van der Waals surface area contributed by atoms with E-state index >= 15 is 0 Å². The maximum atomic E-state index is 12.4. The van der Waals surface area contributed by atoms with Gasteiger partial charge in [-0.05, 0) is 36.8 Å². The van der Waals surface area contributed by atoms with Crippen molar-refractivity contribution >= 4 is 15.7 Å². The highest BCUT2D eigenvalue weighted by Crippen LogP contribution is 2.23. The number of benzene rings is 1. The number of nitrogens with one attached hydrogen (secondary N) is 1. The van der Waals surface area contributed by atoms with E-state index in [0.717, 1.165) is 12.0 Å². The number of ether oxygens (including phenoxy) is 1. The lowest BCUT2D eigenvalue weighted by Gasteiger charge is -2.09. The first-order valence-electron chi connectivity index (χ1n) is 8.08. The maximum absolute atomic E-state index is 12.4. The van der Waals surface area contributed by atoms with E-state index in [4.69, 9.17) is 4.74 Å². The van der Waals surface area contributed by atoms with E-state index in [2.05, 4.69) is 19.9 Å². The molecular weight excluding hydrogens is 352 g/mol. The first-order valence-corrected chi connectivity index (χ1v) is 9.56. The monoisotopic (exact) mass is 370 g/mol. The minimum Gasteiger partial charge on any atom is -0.477 e. The van der Waals surface area contributed by atoms with E-state index < -0.39 is 10.0 Å². The topological polar surface area (TPSA) is 94.1 Å². The number of anilines is 1. The fraction of sp³-hybridized carbons (Fsp3) is 0.167. The number of rotatable bonds is 7. The van der Waals surface area contributed by atoms with Gasteiger partial charge in [-0.3, -0.25) is 9.71 Å². The molecule has 8 heteroatoms.